The number of hydrogen-bond donors (Lipinski definition) is 2. The van der Waals surface area contributed by atoms with E-state index in [1.165, 1.54) is 4.88 Å². The fourth-order valence-electron chi connectivity index (χ4n) is 1.30. The van der Waals surface area contributed by atoms with E-state index >= 15 is 0 Å². The molecular formula is C12H19BrN2OS. The van der Waals surface area contributed by atoms with Crippen LogP contribution in [0.1, 0.15) is 25.6 Å². The Balaban J connectivity index is 2.34. The van der Waals surface area contributed by atoms with E-state index in [9.17, 15) is 4.79 Å². The van der Waals surface area contributed by atoms with Crippen LogP contribution in [-0.4, -0.2) is 18.5 Å². The van der Waals surface area contributed by atoms with Crippen molar-refractivity contribution >= 4 is 33.2 Å². The topological polar surface area (TPSA) is 55.1 Å². The van der Waals surface area contributed by atoms with Crippen LogP contribution in [0, 0.1) is 5.41 Å². The van der Waals surface area contributed by atoms with Crippen LogP contribution >= 0.6 is 27.3 Å². The van der Waals surface area contributed by atoms with E-state index in [-0.39, 0.29) is 11.3 Å². The number of hydrogen-bond acceptors (Lipinski definition) is 3. The number of nitrogens with one attached hydrogen (secondary N) is 1. The zero-order valence-electron chi connectivity index (χ0n) is 10.4. The molecule has 96 valence electrons. The van der Waals surface area contributed by atoms with Crippen molar-refractivity contribution in [2.45, 2.75) is 33.2 Å². The second kappa shape index (κ2) is 5.98. The van der Waals surface area contributed by atoms with Crippen molar-refractivity contribution < 1.29 is 4.79 Å². The molecule has 1 atom stereocenters. The molecular weight excluding hydrogens is 300 g/mol. The van der Waals surface area contributed by atoms with Gasteiger partial charge in [-0.2, -0.15) is 0 Å². The van der Waals surface area contributed by atoms with E-state index in [1.54, 1.807) is 11.3 Å². The predicted octanol–water partition coefficient (Wildman–Crippen LogP) is 2.54. The van der Waals surface area contributed by atoms with E-state index in [2.05, 4.69) is 27.3 Å². The molecule has 1 aromatic heterocycles. The van der Waals surface area contributed by atoms with Gasteiger partial charge >= 0.3 is 0 Å². The van der Waals surface area contributed by atoms with Gasteiger partial charge in [-0.15, -0.1) is 11.3 Å². The van der Waals surface area contributed by atoms with Gasteiger partial charge in [-0.25, -0.2) is 0 Å². The highest BCUT2D eigenvalue weighted by Crippen LogP contribution is 2.22. The monoisotopic (exact) mass is 318 g/mol. The molecule has 1 heterocycles. The second-order valence-electron chi connectivity index (χ2n) is 5.09. The van der Waals surface area contributed by atoms with Crippen molar-refractivity contribution in [1.29, 1.82) is 0 Å². The molecule has 17 heavy (non-hydrogen) atoms. The third-order valence-electron chi connectivity index (χ3n) is 2.51. The maximum atomic E-state index is 11.7. The van der Waals surface area contributed by atoms with Crippen molar-refractivity contribution in [2.24, 2.45) is 11.1 Å². The molecule has 1 rings (SSSR count). The van der Waals surface area contributed by atoms with Crippen molar-refractivity contribution in [3.8, 4) is 0 Å². The summed E-state index contributed by atoms with van der Waals surface area (Å²) in [6, 6.07) is 3.62. The molecule has 0 unspecified atom stereocenters. The largest absolute Gasteiger partial charge is 0.354 e. The van der Waals surface area contributed by atoms with Crippen LogP contribution in [0.2, 0.25) is 0 Å². The molecule has 0 aromatic carbocycles. The summed E-state index contributed by atoms with van der Waals surface area (Å²) < 4.78 is 1.12. The van der Waals surface area contributed by atoms with Crippen LogP contribution in [0.3, 0.4) is 0 Å². The maximum Gasteiger partial charge on any atom is 0.237 e. The summed E-state index contributed by atoms with van der Waals surface area (Å²) >= 11 is 5.10. The van der Waals surface area contributed by atoms with Gasteiger partial charge in [0.2, 0.25) is 5.91 Å². The Morgan fingerprint density at radius 3 is 2.65 bits per heavy atom. The second-order valence-corrected chi connectivity index (χ2v) is 7.64. The fourth-order valence-corrected chi connectivity index (χ4v) is 2.78. The minimum Gasteiger partial charge on any atom is -0.354 e. The highest BCUT2D eigenvalue weighted by atomic mass is 79.9. The van der Waals surface area contributed by atoms with Gasteiger partial charge in [0.25, 0.3) is 0 Å². The number of carbonyl (C=O) groups excluding carboxylic acids is 1. The Kier molecular flexibility index (Phi) is 5.16. The van der Waals surface area contributed by atoms with Gasteiger partial charge in [-0.05, 0) is 39.9 Å². The molecule has 1 amide bonds. The minimum absolute atomic E-state index is 0.0758. The average molecular weight is 319 g/mol. The molecule has 0 saturated heterocycles. The lowest BCUT2D eigenvalue weighted by molar-refractivity contribution is -0.124. The maximum absolute atomic E-state index is 11.7. The SMILES string of the molecule is CC(C)(C)[C@H](N)C(=O)NCCc1ccc(Br)s1. The van der Waals surface area contributed by atoms with Crippen LogP contribution < -0.4 is 11.1 Å². The predicted molar refractivity (Wildman–Crippen MR) is 76.2 cm³/mol. The summed E-state index contributed by atoms with van der Waals surface area (Å²) in [6.07, 6.45) is 0.846. The van der Waals surface area contributed by atoms with E-state index in [1.807, 2.05) is 26.8 Å². The molecule has 0 spiro atoms. The molecule has 0 saturated carbocycles. The number of nitrogens with two attached hydrogens (primary N) is 1. The van der Waals surface area contributed by atoms with Gasteiger partial charge in [-0.1, -0.05) is 20.8 Å². The first-order valence-electron chi connectivity index (χ1n) is 5.58. The number of halogens is 1. The average Bonchev–Trinajstić information content (AvgIpc) is 2.61. The lowest BCUT2D eigenvalue weighted by Crippen LogP contribution is -2.48. The third-order valence-corrected chi connectivity index (χ3v) is 4.20. The summed E-state index contributed by atoms with van der Waals surface area (Å²) in [5.41, 5.74) is 5.66. The Morgan fingerprint density at radius 2 is 2.18 bits per heavy atom. The van der Waals surface area contributed by atoms with Crippen LogP contribution in [0.15, 0.2) is 15.9 Å². The first-order chi connectivity index (χ1) is 7.80. The molecule has 0 aliphatic heterocycles. The summed E-state index contributed by atoms with van der Waals surface area (Å²) in [5, 5.41) is 2.87. The Morgan fingerprint density at radius 1 is 1.53 bits per heavy atom. The molecule has 5 heteroatoms. The molecule has 0 radical (unpaired) electrons. The number of amides is 1. The molecule has 0 aliphatic rings. The van der Waals surface area contributed by atoms with Crippen molar-refractivity contribution in [1.82, 2.24) is 5.32 Å². The summed E-state index contributed by atoms with van der Waals surface area (Å²) in [7, 11) is 0. The van der Waals surface area contributed by atoms with E-state index in [4.69, 9.17) is 5.73 Å². The minimum atomic E-state index is -0.461. The zero-order valence-corrected chi connectivity index (χ0v) is 12.8. The lowest BCUT2D eigenvalue weighted by atomic mass is 9.87. The first-order valence-corrected chi connectivity index (χ1v) is 7.19. The van der Waals surface area contributed by atoms with Crippen LogP contribution in [0.25, 0.3) is 0 Å². The molecule has 3 nitrogen and oxygen atoms in total. The van der Waals surface area contributed by atoms with Gasteiger partial charge in [0.05, 0.1) is 9.83 Å². The van der Waals surface area contributed by atoms with E-state index < -0.39 is 6.04 Å². The number of thiophene rings is 1. The third kappa shape index (κ3) is 4.77. The normalized spacial score (nSPS) is 13.5. The van der Waals surface area contributed by atoms with Gasteiger partial charge in [-0.3, -0.25) is 4.79 Å². The highest BCUT2D eigenvalue weighted by Gasteiger charge is 2.26. The molecule has 0 aliphatic carbocycles. The van der Waals surface area contributed by atoms with Crippen LogP contribution in [0.4, 0.5) is 0 Å². The Labute approximate surface area is 115 Å². The van der Waals surface area contributed by atoms with Gasteiger partial charge < -0.3 is 11.1 Å². The van der Waals surface area contributed by atoms with Gasteiger partial charge in [0, 0.05) is 11.4 Å². The standard InChI is InChI=1S/C12H19BrN2OS/c1-12(2,3)10(14)11(16)15-7-6-8-4-5-9(13)17-8/h4-5,10H,6-7,14H2,1-3H3,(H,15,16)/t10-/m1/s1. The smallest absolute Gasteiger partial charge is 0.237 e. The highest BCUT2D eigenvalue weighted by molar-refractivity contribution is 9.11. The van der Waals surface area contributed by atoms with E-state index in [0.717, 1.165) is 10.2 Å². The van der Waals surface area contributed by atoms with E-state index in [0.29, 0.717) is 6.54 Å². The van der Waals surface area contributed by atoms with Crippen molar-refractivity contribution in [2.75, 3.05) is 6.54 Å². The summed E-state index contributed by atoms with van der Waals surface area (Å²) in [4.78, 5) is 13.0. The Bertz CT molecular complexity index is 384. The zero-order chi connectivity index (χ0) is 13.1. The summed E-state index contributed by atoms with van der Waals surface area (Å²) in [6.45, 7) is 6.53. The number of rotatable bonds is 4. The molecule has 3 N–H and O–H groups in total. The molecule has 0 fully saturated rings. The summed E-state index contributed by atoms with van der Waals surface area (Å²) in [5.74, 6) is -0.0758. The van der Waals surface area contributed by atoms with Crippen LogP contribution in [0.5, 0.6) is 0 Å². The fraction of sp³-hybridized carbons (Fsp3) is 0.583. The molecule has 0 bridgehead atoms. The van der Waals surface area contributed by atoms with Crippen molar-refractivity contribution in [3.63, 3.8) is 0 Å². The Hall–Kier alpha value is -0.390. The lowest BCUT2D eigenvalue weighted by Gasteiger charge is -2.25. The van der Waals surface area contributed by atoms with Crippen LogP contribution in [-0.2, 0) is 11.2 Å². The first kappa shape index (κ1) is 14.7. The molecule has 1 aromatic rings. The van der Waals surface area contributed by atoms with Crippen molar-refractivity contribution in [3.05, 3.63) is 20.8 Å². The number of carbonyl (C=O) groups is 1. The van der Waals surface area contributed by atoms with Gasteiger partial charge in [0.15, 0.2) is 0 Å². The quantitative estimate of drug-likeness (QED) is 0.896. The van der Waals surface area contributed by atoms with Gasteiger partial charge in [0.1, 0.15) is 0 Å².